The number of carbonyl (C=O) groups excluding carboxylic acids is 2. The fourth-order valence-electron chi connectivity index (χ4n) is 4.89. The summed E-state index contributed by atoms with van der Waals surface area (Å²) in [5.74, 6) is -3.81. The third kappa shape index (κ3) is 8.80. The highest BCUT2D eigenvalue weighted by Crippen LogP contribution is 2.45. The Morgan fingerprint density at radius 2 is 1.88 bits per heavy atom. The molecule has 2 heterocycles. The Morgan fingerprint density at radius 3 is 2.56 bits per heavy atom. The highest BCUT2D eigenvalue weighted by molar-refractivity contribution is 7.46. The number of benzene rings is 3. The first-order valence-corrected chi connectivity index (χ1v) is 16.8. The molecule has 0 bridgehead atoms. The number of hydrogen-bond donors (Lipinski definition) is 2. The van der Waals surface area contributed by atoms with Crippen LogP contribution in [0.4, 0.5) is 13.6 Å². The molecule has 0 radical (unpaired) electrons. The number of aromatic nitrogens is 4. The summed E-state index contributed by atoms with van der Waals surface area (Å²) in [7, 11) is -4.76. The maximum Gasteiger partial charge on any atom is 0.512 e. The van der Waals surface area contributed by atoms with Crippen LogP contribution in [0.5, 0.6) is 0 Å². The van der Waals surface area contributed by atoms with Crippen LogP contribution in [0.15, 0.2) is 84.8 Å². The van der Waals surface area contributed by atoms with Crippen molar-refractivity contribution in [3.8, 4) is 17.3 Å². The van der Waals surface area contributed by atoms with Crippen LogP contribution in [-0.2, 0) is 42.1 Å². The number of esters is 1. The van der Waals surface area contributed by atoms with Crippen LogP contribution in [0.2, 0.25) is 0 Å². The number of thiazole rings is 1. The predicted octanol–water partition coefficient (Wildman–Crippen LogP) is 5.83. The zero-order valence-electron chi connectivity index (χ0n) is 25.9. The van der Waals surface area contributed by atoms with Crippen molar-refractivity contribution in [2.75, 3.05) is 6.79 Å². The summed E-state index contributed by atoms with van der Waals surface area (Å²) in [4.78, 5) is 52.4. The zero-order valence-corrected chi connectivity index (χ0v) is 27.6. The number of halogens is 2. The lowest BCUT2D eigenvalue weighted by Gasteiger charge is -2.37. The number of carbonyl (C=O) groups is 2. The Morgan fingerprint density at radius 1 is 1.10 bits per heavy atom. The maximum absolute atomic E-state index is 15.7. The smallest absolute Gasteiger partial charge is 0.424 e. The summed E-state index contributed by atoms with van der Waals surface area (Å²) in [5.41, 5.74) is -0.341. The molecule has 50 heavy (non-hydrogen) atoms. The first kappa shape index (κ1) is 35.9. The van der Waals surface area contributed by atoms with Crippen LogP contribution in [0.3, 0.4) is 0 Å². The standard InChI is InChI=1S/C32H26F2N5O9PS/c1-20(29-38-28(15-50-29)23-7-5-21(13-35)6-8-23)32(16-39-18-36-17-37-39,26-10-9-25(33)12-27(26)34)48-31(41)46-19-45-30(40)24-4-2-3-22(11-24)14-47-49(42,43)44/h2-12,15,17-18,20H,14,16,19H2,1H3,(H2,42,43,44)/t20-,32+/m0/s1. The second kappa shape index (κ2) is 15.5. The Balaban J connectivity index is 1.41. The molecule has 0 unspecified atom stereocenters. The summed E-state index contributed by atoms with van der Waals surface area (Å²) in [6.45, 7) is -0.145. The van der Waals surface area contributed by atoms with E-state index in [1.807, 2.05) is 6.07 Å². The van der Waals surface area contributed by atoms with E-state index < -0.39 is 56.5 Å². The molecule has 2 aromatic heterocycles. The van der Waals surface area contributed by atoms with Crippen molar-refractivity contribution in [1.29, 1.82) is 5.26 Å². The third-order valence-electron chi connectivity index (χ3n) is 7.35. The van der Waals surface area contributed by atoms with Gasteiger partial charge in [0.05, 0.1) is 42.0 Å². The lowest BCUT2D eigenvalue weighted by atomic mass is 9.81. The maximum atomic E-state index is 15.7. The third-order valence-corrected chi connectivity index (χ3v) is 8.84. The van der Waals surface area contributed by atoms with Crippen molar-refractivity contribution < 1.29 is 51.5 Å². The molecule has 5 aromatic rings. The van der Waals surface area contributed by atoms with Crippen molar-refractivity contribution in [1.82, 2.24) is 19.7 Å². The normalized spacial score (nSPS) is 13.1. The van der Waals surface area contributed by atoms with Gasteiger partial charge in [-0.1, -0.05) is 31.2 Å². The largest absolute Gasteiger partial charge is 0.512 e. The Kier molecular flexibility index (Phi) is 11.1. The first-order chi connectivity index (χ1) is 23.9. The number of hydrogen-bond acceptors (Lipinski definition) is 12. The van der Waals surface area contributed by atoms with Gasteiger partial charge in [-0.15, -0.1) is 11.3 Å². The van der Waals surface area contributed by atoms with Gasteiger partial charge in [-0.25, -0.2) is 37.6 Å². The molecular formula is C32H26F2N5O9PS. The second-order valence-corrected chi connectivity index (χ2v) is 12.7. The summed E-state index contributed by atoms with van der Waals surface area (Å²) >= 11 is 1.19. The number of phosphoric ester groups is 1. The number of ether oxygens (including phenoxy) is 3. The Hall–Kier alpha value is -5.37. The van der Waals surface area contributed by atoms with Gasteiger partial charge in [0.1, 0.15) is 29.3 Å². The molecule has 0 amide bonds. The number of nitrogens with zero attached hydrogens (tertiary/aromatic N) is 5. The highest BCUT2D eigenvalue weighted by atomic mass is 32.1. The molecule has 0 spiro atoms. The van der Waals surface area contributed by atoms with Crippen molar-refractivity contribution in [2.24, 2.45) is 0 Å². The van der Waals surface area contributed by atoms with Crippen LogP contribution < -0.4 is 0 Å². The van der Waals surface area contributed by atoms with E-state index in [1.54, 1.807) is 36.6 Å². The van der Waals surface area contributed by atoms with Crippen molar-refractivity contribution in [3.63, 3.8) is 0 Å². The minimum atomic E-state index is -4.76. The molecule has 18 heteroatoms. The van der Waals surface area contributed by atoms with E-state index in [-0.39, 0.29) is 23.2 Å². The van der Waals surface area contributed by atoms with Gasteiger partial charge in [-0.05, 0) is 42.0 Å². The van der Waals surface area contributed by atoms with Gasteiger partial charge in [0.15, 0.2) is 5.60 Å². The summed E-state index contributed by atoms with van der Waals surface area (Å²) in [5, 5.41) is 15.4. The monoisotopic (exact) mass is 725 g/mol. The van der Waals surface area contributed by atoms with Gasteiger partial charge in [0.25, 0.3) is 0 Å². The van der Waals surface area contributed by atoms with Crippen LogP contribution in [-0.4, -0.2) is 48.5 Å². The van der Waals surface area contributed by atoms with Gasteiger partial charge in [-0.2, -0.15) is 10.4 Å². The lowest BCUT2D eigenvalue weighted by molar-refractivity contribution is -0.0882. The number of phosphoric acid groups is 1. The number of rotatable bonds is 13. The highest BCUT2D eigenvalue weighted by Gasteiger charge is 2.47. The van der Waals surface area contributed by atoms with E-state index in [0.29, 0.717) is 27.9 Å². The molecule has 3 aromatic carbocycles. The van der Waals surface area contributed by atoms with E-state index >= 15 is 4.39 Å². The summed E-state index contributed by atoms with van der Waals surface area (Å²) in [6, 6.07) is 17.0. The van der Waals surface area contributed by atoms with E-state index in [4.69, 9.17) is 34.2 Å². The molecule has 5 rings (SSSR count). The molecule has 258 valence electrons. The van der Waals surface area contributed by atoms with E-state index in [0.717, 1.165) is 12.1 Å². The molecule has 2 N–H and O–H groups in total. The van der Waals surface area contributed by atoms with Gasteiger partial charge in [0, 0.05) is 22.6 Å². The van der Waals surface area contributed by atoms with Crippen LogP contribution >= 0.6 is 19.2 Å². The minimum absolute atomic E-state index is 0.0434. The SMILES string of the molecule is C[C@@H](c1nc(-c2ccc(C#N)cc2)cs1)[C@@](Cn1cncn1)(OC(=O)OCOC(=O)c1cccc(COP(=O)(O)O)c1)c1ccc(F)cc1F. The fourth-order valence-corrected chi connectivity index (χ4v) is 6.18. The molecular weight excluding hydrogens is 699 g/mol. The van der Waals surface area contributed by atoms with Crippen molar-refractivity contribution >= 4 is 31.3 Å². The van der Waals surface area contributed by atoms with Crippen LogP contribution in [0, 0.1) is 23.0 Å². The number of nitriles is 1. The lowest BCUT2D eigenvalue weighted by Crippen LogP contribution is -2.43. The topological polar surface area (TPSA) is 196 Å². The molecule has 0 saturated heterocycles. The summed E-state index contributed by atoms with van der Waals surface area (Å²) < 4.78 is 62.5. The molecule has 0 fully saturated rings. The average Bonchev–Trinajstić information content (AvgIpc) is 3.79. The predicted molar refractivity (Wildman–Crippen MR) is 170 cm³/mol. The molecule has 2 atom stereocenters. The summed E-state index contributed by atoms with van der Waals surface area (Å²) in [6.07, 6.45) is 1.14. The molecule has 0 aliphatic heterocycles. The molecule has 0 aliphatic carbocycles. The van der Waals surface area contributed by atoms with Crippen molar-refractivity contribution in [3.05, 3.63) is 124 Å². The van der Waals surface area contributed by atoms with E-state index in [2.05, 4.69) is 14.6 Å². The van der Waals surface area contributed by atoms with Crippen molar-refractivity contribution in [2.45, 2.75) is 31.6 Å². The quantitative estimate of drug-likeness (QED) is 0.0837. The fraction of sp³-hybridized carbons (Fsp3) is 0.188. The molecule has 0 saturated carbocycles. The van der Waals surface area contributed by atoms with Gasteiger partial charge in [0.2, 0.25) is 6.79 Å². The zero-order chi connectivity index (χ0) is 35.9. The van der Waals surface area contributed by atoms with Gasteiger partial charge >= 0.3 is 19.9 Å². The van der Waals surface area contributed by atoms with E-state index in [9.17, 15) is 18.5 Å². The van der Waals surface area contributed by atoms with Gasteiger partial charge < -0.3 is 24.0 Å². The van der Waals surface area contributed by atoms with Crippen LogP contribution in [0.25, 0.3) is 11.3 Å². The Bertz CT molecular complexity index is 2070. The van der Waals surface area contributed by atoms with Crippen LogP contribution in [0.1, 0.15) is 44.9 Å². The minimum Gasteiger partial charge on any atom is -0.424 e. The Labute approximate surface area is 286 Å². The average molecular weight is 726 g/mol. The molecule has 0 aliphatic rings. The van der Waals surface area contributed by atoms with E-state index in [1.165, 1.54) is 52.9 Å². The molecule has 14 nitrogen and oxygen atoms in total. The van der Waals surface area contributed by atoms with Gasteiger partial charge in [-0.3, -0.25) is 4.52 Å². The first-order valence-electron chi connectivity index (χ1n) is 14.4. The second-order valence-electron chi connectivity index (χ2n) is 10.6.